The van der Waals surface area contributed by atoms with Crippen molar-refractivity contribution in [1.82, 2.24) is 9.88 Å². The monoisotopic (exact) mass is 640 g/mol. The molecule has 3 aromatic rings. The molecule has 1 aromatic heterocycles. The van der Waals surface area contributed by atoms with Crippen LogP contribution in [0.15, 0.2) is 54.6 Å². The van der Waals surface area contributed by atoms with Gasteiger partial charge in [0.1, 0.15) is 18.5 Å². The predicted molar refractivity (Wildman–Crippen MR) is 168 cm³/mol. The Labute approximate surface area is 267 Å². The molecule has 10 nitrogen and oxygen atoms in total. The van der Waals surface area contributed by atoms with Crippen molar-refractivity contribution in [3.8, 4) is 5.88 Å². The van der Waals surface area contributed by atoms with Gasteiger partial charge in [-0.2, -0.15) is 0 Å². The fourth-order valence-electron chi connectivity index (χ4n) is 5.47. The molecule has 0 radical (unpaired) electrons. The van der Waals surface area contributed by atoms with Crippen LogP contribution in [-0.4, -0.2) is 81.0 Å². The number of piperidine rings is 1. The number of pyridine rings is 1. The number of nitrogens with zero attached hydrogens (tertiary/aromatic N) is 2. The van der Waals surface area contributed by atoms with E-state index >= 15 is 0 Å². The molecule has 2 aromatic carbocycles. The van der Waals surface area contributed by atoms with E-state index in [1.54, 1.807) is 43.5 Å². The van der Waals surface area contributed by atoms with Crippen molar-refractivity contribution < 1.29 is 32.9 Å². The van der Waals surface area contributed by atoms with Gasteiger partial charge >= 0.3 is 5.97 Å². The number of rotatable bonds is 13. The second-order valence-corrected chi connectivity index (χ2v) is 11.5. The van der Waals surface area contributed by atoms with Crippen molar-refractivity contribution >= 4 is 34.9 Å². The molecule has 2 aliphatic rings. The summed E-state index contributed by atoms with van der Waals surface area (Å²) in [5.41, 5.74) is 2.85. The smallest absolute Gasteiger partial charge is 0.337 e. The number of esters is 1. The third-order valence-electron chi connectivity index (χ3n) is 8.16. The molecule has 12 heteroatoms. The summed E-state index contributed by atoms with van der Waals surface area (Å²) in [5.74, 6) is -0.481. The number of halogens is 2. The fraction of sp³-hybridized carbons (Fsp3) is 0.424. The van der Waals surface area contributed by atoms with E-state index in [2.05, 4.69) is 20.5 Å². The highest BCUT2D eigenvalue weighted by Gasteiger charge is 2.31. The zero-order valence-electron chi connectivity index (χ0n) is 25.4. The van der Waals surface area contributed by atoms with E-state index in [0.717, 1.165) is 31.6 Å². The van der Waals surface area contributed by atoms with E-state index in [9.17, 15) is 14.0 Å². The van der Waals surface area contributed by atoms with Gasteiger partial charge in [0.05, 0.1) is 36.8 Å². The maximum atomic E-state index is 14.2. The first-order chi connectivity index (χ1) is 21.8. The van der Waals surface area contributed by atoms with Crippen LogP contribution < -0.4 is 15.4 Å². The predicted octanol–water partition coefficient (Wildman–Crippen LogP) is 5.27. The van der Waals surface area contributed by atoms with Crippen molar-refractivity contribution in [3.63, 3.8) is 0 Å². The van der Waals surface area contributed by atoms with Crippen LogP contribution in [0.2, 0.25) is 5.02 Å². The topological polar surface area (TPSA) is 111 Å². The maximum Gasteiger partial charge on any atom is 0.337 e. The Morgan fingerprint density at radius 1 is 1.09 bits per heavy atom. The number of carbonyl (C=O) groups excluding carboxylic acids is 2. The molecule has 1 unspecified atom stereocenters. The Morgan fingerprint density at radius 2 is 1.89 bits per heavy atom. The van der Waals surface area contributed by atoms with Crippen LogP contribution in [0.5, 0.6) is 5.88 Å². The molecule has 2 aliphatic heterocycles. The number of anilines is 2. The molecule has 45 heavy (non-hydrogen) atoms. The van der Waals surface area contributed by atoms with Gasteiger partial charge < -0.3 is 29.6 Å². The summed E-state index contributed by atoms with van der Waals surface area (Å²) in [6.07, 6.45) is 2.62. The molecular formula is C33H38ClFN4O6. The molecule has 0 saturated carbocycles. The molecule has 3 heterocycles. The van der Waals surface area contributed by atoms with E-state index < -0.39 is 17.8 Å². The third kappa shape index (κ3) is 8.49. The van der Waals surface area contributed by atoms with Crippen LogP contribution in [0.25, 0.3) is 0 Å². The molecule has 1 amide bonds. The molecule has 2 atom stereocenters. The highest BCUT2D eigenvalue weighted by atomic mass is 35.5. The molecular weight excluding hydrogens is 603 g/mol. The van der Waals surface area contributed by atoms with E-state index in [-0.39, 0.29) is 31.1 Å². The average Bonchev–Trinajstić information content (AvgIpc) is 3.03. The molecule has 0 bridgehead atoms. The maximum absolute atomic E-state index is 14.2. The Kier molecular flexibility index (Phi) is 11.2. The van der Waals surface area contributed by atoms with Crippen molar-refractivity contribution in [1.29, 1.82) is 0 Å². The Morgan fingerprint density at radius 3 is 2.58 bits per heavy atom. The zero-order valence-corrected chi connectivity index (χ0v) is 26.1. The number of methoxy groups -OCH3 is 2. The Hall–Kier alpha value is -3.77. The fourth-order valence-corrected chi connectivity index (χ4v) is 5.63. The quantitative estimate of drug-likeness (QED) is 0.241. The number of amides is 1. The number of hydrogen-bond donors (Lipinski definition) is 2. The number of nitrogens with one attached hydrogen (secondary N) is 2. The summed E-state index contributed by atoms with van der Waals surface area (Å²) in [5, 5.41) is 6.68. The van der Waals surface area contributed by atoms with Crippen LogP contribution in [0.4, 0.5) is 15.8 Å². The zero-order chi connectivity index (χ0) is 31.8. The van der Waals surface area contributed by atoms with E-state index in [1.165, 1.54) is 13.2 Å². The summed E-state index contributed by atoms with van der Waals surface area (Å²) in [6, 6.07) is 14.6. The number of hydrogen-bond acceptors (Lipinski definition) is 9. The van der Waals surface area contributed by atoms with Crippen LogP contribution >= 0.6 is 11.6 Å². The normalized spacial score (nSPS) is 17.6. The van der Waals surface area contributed by atoms with Gasteiger partial charge in [-0.05, 0) is 68.8 Å². The van der Waals surface area contributed by atoms with E-state index in [1.807, 2.05) is 12.1 Å². The van der Waals surface area contributed by atoms with Crippen LogP contribution in [0.1, 0.15) is 46.8 Å². The van der Waals surface area contributed by atoms with E-state index in [0.29, 0.717) is 53.0 Å². The van der Waals surface area contributed by atoms with Gasteiger partial charge in [-0.1, -0.05) is 23.7 Å². The minimum Gasteiger partial charge on any atom is -0.473 e. The second kappa shape index (κ2) is 15.5. The summed E-state index contributed by atoms with van der Waals surface area (Å²) < 4.78 is 35.8. The highest BCUT2D eigenvalue weighted by molar-refractivity contribution is 6.30. The standard InChI is InChI=1S/C33H38ClFN4O6/c1-42-20-30(32(40)38-28-9-7-22(33(41)43-2)16-29(28)36-18-25-12-15-44-25)39-13-10-21(11-14-39)27-4-3-5-31(37-27)45-19-23-6-8-24(34)17-26(23)35/h3-9,16-17,21,25,30,36H,10-15,18-20H2,1-2H3,(H,38,40)/t25-,30?/m0/s1. The summed E-state index contributed by atoms with van der Waals surface area (Å²) in [6.45, 7) is 2.89. The molecule has 240 valence electrons. The van der Waals surface area contributed by atoms with Gasteiger partial charge in [0.2, 0.25) is 11.8 Å². The summed E-state index contributed by atoms with van der Waals surface area (Å²) >= 11 is 5.85. The molecule has 0 spiro atoms. The average molecular weight is 641 g/mol. The first-order valence-electron chi connectivity index (χ1n) is 15.0. The van der Waals surface area contributed by atoms with Gasteiger partial charge in [0.25, 0.3) is 0 Å². The second-order valence-electron chi connectivity index (χ2n) is 11.1. The summed E-state index contributed by atoms with van der Waals surface area (Å²) in [4.78, 5) is 32.6. The number of ether oxygens (including phenoxy) is 4. The van der Waals surface area contributed by atoms with Gasteiger partial charge in [-0.25, -0.2) is 14.2 Å². The van der Waals surface area contributed by atoms with Gasteiger partial charge in [-0.15, -0.1) is 0 Å². The molecule has 5 rings (SSSR count). The van der Waals surface area contributed by atoms with Crippen molar-refractivity contribution in [2.75, 3.05) is 57.7 Å². The number of carbonyl (C=O) groups is 2. The minimum absolute atomic E-state index is 0.0444. The Bertz CT molecular complexity index is 1480. The van der Waals surface area contributed by atoms with Crippen LogP contribution in [0.3, 0.4) is 0 Å². The van der Waals surface area contributed by atoms with Crippen molar-refractivity contribution in [2.45, 2.75) is 43.9 Å². The minimum atomic E-state index is -0.518. The Balaban J connectivity index is 1.20. The highest BCUT2D eigenvalue weighted by Crippen LogP contribution is 2.30. The largest absolute Gasteiger partial charge is 0.473 e. The molecule has 2 saturated heterocycles. The summed E-state index contributed by atoms with van der Waals surface area (Å²) in [7, 11) is 2.91. The third-order valence-corrected chi connectivity index (χ3v) is 8.40. The lowest BCUT2D eigenvalue weighted by Gasteiger charge is -2.36. The lowest BCUT2D eigenvalue weighted by molar-refractivity contribution is -0.123. The number of benzene rings is 2. The first-order valence-corrected chi connectivity index (χ1v) is 15.4. The van der Waals surface area contributed by atoms with E-state index in [4.69, 9.17) is 30.5 Å². The van der Waals surface area contributed by atoms with Gasteiger partial charge in [0.15, 0.2) is 0 Å². The van der Waals surface area contributed by atoms with Crippen molar-refractivity contribution in [2.24, 2.45) is 0 Å². The number of aromatic nitrogens is 1. The van der Waals surface area contributed by atoms with Gasteiger partial charge in [-0.3, -0.25) is 9.69 Å². The van der Waals surface area contributed by atoms with Crippen LogP contribution in [0, 0.1) is 5.82 Å². The lowest BCUT2D eigenvalue weighted by atomic mass is 9.92. The lowest BCUT2D eigenvalue weighted by Crippen LogP contribution is -2.50. The SMILES string of the molecule is COCC(C(=O)Nc1ccc(C(=O)OC)cc1NC[C@@H]1CCO1)N1CCC(c2cccc(OCc3ccc(Cl)cc3F)n2)CC1. The molecule has 2 fully saturated rings. The van der Waals surface area contributed by atoms with Gasteiger partial charge in [0, 0.05) is 48.5 Å². The van der Waals surface area contributed by atoms with Crippen LogP contribution in [-0.2, 0) is 25.6 Å². The first kappa shape index (κ1) is 32.6. The van der Waals surface area contributed by atoms with Crippen molar-refractivity contribution in [3.05, 3.63) is 82.3 Å². The molecule has 2 N–H and O–H groups in total. The number of likely N-dealkylation sites (tertiary alicyclic amines) is 1. The molecule has 0 aliphatic carbocycles.